The lowest BCUT2D eigenvalue weighted by atomic mass is 10.1. The number of amides is 1. The van der Waals surface area contributed by atoms with Crippen LogP contribution in [0.2, 0.25) is 0 Å². The zero-order valence-corrected chi connectivity index (χ0v) is 16.3. The van der Waals surface area contributed by atoms with Crippen molar-refractivity contribution < 1.29 is 26.4 Å². The monoisotopic (exact) mass is 439 g/mol. The predicted molar refractivity (Wildman–Crippen MR) is 105 cm³/mol. The van der Waals surface area contributed by atoms with Crippen molar-refractivity contribution in [1.82, 2.24) is 4.57 Å². The number of rotatable bonds is 4. The molecule has 0 atom stereocenters. The minimum Gasteiger partial charge on any atom is -0.347 e. The van der Waals surface area contributed by atoms with Gasteiger partial charge in [-0.15, -0.1) is 0 Å². The normalized spacial score (nSPS) is 12.2. The molecule has 0 saturated carbocycles. The van der Waals surface area contributed by atoms with Gasteiger partial charge in [0.25, 0.3) is 5.91 Å². The molecule has 3 rings (SSSR count). The van der Waals surface area contributed by atoms with Gasteiger partial charge in [-0.2, -0.15) is 13.2 Å². The molecular formula is C19H16F3N3O4S. The maximum atomic E-state index is 13.1. The molecule has 0 aliphatic heterocycles. The van der Waals surface area contributed by atoms with Gasteiger partial charge in [0.1, 0.15) is 5.56 Å². The van der Waals surface area contributed by atoms with Crippen molar-refractivity contribution in [2.24, 2.45) is 5.14 Å². The summed E-state index contributed by atoms with van der Waals surface area (Å²) in [6.45, 7) is 2.03. The summed E-state index contributed by atoms with van der Waals surface area (Å²) < 4.78 is 63.2. The first-order valence-corrected chi connectivity index (χ1v) is 10.1. The molecule has 1 amide bonds. The van der Waals surface area contributed by atoms with Gasteiger partial charge in [0, 0.05) is 23.8 Å². The predicted octanol–water partition coefficient (Wildman–Crippen LogP) is 2.94. The van der Waals surface area contributed by atoms with E-state index in [0.29, 0.717) is 6.54 Å². The lowest BCUT2D eigenvalue weighted by molar-refractivity contribution is -0.137. The van der Waals surface area contributed by atoms with Crippen LogP contribution >= 0.6 is 0 Å². The Bertz CT molecular complexity index is 1300. The van der Waals surface area contributed by atoms with Gasteiger partial charge in [-0.25, -0.2) is 13.6 Å². The van der Waals surface area contributed by atoms with E-state index in [1.54, 1.807) is 6.92 Å². The third-order valence-corrected chi connectivity index (χ3v) is 5.36. The Morgan fingerprint density at radius 2 is 1.77 bits per heavy atom. The quantitative estimate of drug-likeness (QED) is 0.651. The average Bonchev–Trinajstić information content (AvgIpc) is 2.67. The molecule has 11 heteroatoms. The second-order valence-corrected chi connectivity index (χ2v) is 7.97. The van der Waals surface area contributed by atoms with Crippen LogP contribution in [0, 0.1) is 0 Å². The van der Waals surface area contributed by atoms with Crippen LogP contribution in [0.4, 0.5) is 18.9 Å². The van der Waals surface area contributed by atoms with Crippen LogP contribution < -0.4 is 15.9 Å². The van der Waals surface area contributed by atoms with Crippen LogP contribution in [-0.4, -0.2) is 18.9 Å². The summed E-state index contributed by atoms with van der Waals surface area (Å²) in [4.78, 5) is 25.2. The highest BCUT2D eigenvalue weighted by Gasteiger charge is 2.31. The van der Waals surface area contributed by atoms with Crippen LogP contribution in [0.3, 0.4) is 0 Å². The summed E-state index contributed by atoms with van der Waals surface area (Å²) in [5.74, 6) is -0.843. The van der Waals surface area contributed by atoms with E-state index < -0.39 is 33.1 Å². The van der Waals surface area contributed by atoms with Gasteiger partial charge < -0.3 is 9.88 Å². The third kappa shape index (κ3) is 4.21. The number of primary sulfonamides is 1. The minimum atomic E-state index is -4.64. The van der Waals surface area contributed by atoms with E-state index in [2.05, 4.69) is 5.32 Å². The first-order chi connectivity index (χ1) is 13.9. The fourth-order valence-corrected chi connectivity index (χ4v) is 3.44. The van der Waals surface area contributed by atoms with Crippen molar-refractivity contribution in [2.45, 2.75) is 24.5 Å². The number of hydrogen-bond acceptors (Lipinski definition) is 4. The summed E-state index contributed by atoms with van der Waals surface area (Å²) in [7, 11) is -3.91. The Balaban J connectivity index is 2.05. The topological polar surface area (TPSA) is 111 Å². The molecule has 158 valence electrons. The fraction of sp³-hybridized carbons (Fsp3) is 0.158. The Kier molecular flexibility index (Phi) is 5.44. The number of benzene rings is 2. The van der Waals surface area contributed by atoms with E-state index in [-0.39, 0.29) is 27.0 Å². The highest BCUT2D eigenvalue weighted by molar-refractivity contribution is 7.89. The Morgan fingerprint density at radius 3 is 2.30 bits per heavy atom. The van der Waals surface area contributed by atoms with E-state index in [0.717, 1.165) is 12.1 Å². The van der Waals surface area contributed by atoms with E-state index in [1.807, 2.05) is 0 Å². The fourth-order valence-electron chi connectivity index (χ4n) is 2.92. The molecule has 0 aliphatic carbocycles. The number of nitrogens with one attached hydrogen (secondary N) is 1. The zero-order chi connectivity index (χ0) is 22.3. The SMILES string of the molecule is CCn1cc(C(=O)Nc2ccc(S(N)(=O)=O)cc2)c(=O)c2cc(C(F)(F)F)ccc21. The number of hydrogen-bond donors (Lipinski definition) is 2. The Hall–Kier alpha value is -3.18. The maximum Gasteiger partial charge on any atom is 0.416 e. The van der Waals surface area contributed by atoms with Gasteiger partial charge in [0.05, 0.1) is 16.0 Å². The number of alkyl halides is 3. The van der Waals surface area contributed by atoms with Crippen LogP contribution in [0.25, 0.3) is 10.9 Å². The van der Waals surface area contributed by atoms with Gasteiger partial charge in [-0.1, -0.05) is 0 Å². The second-order valence-electron chi connectivity index (χ2n) is 6.41. The number of pyridine rings is 1. The molecule has 0 fully saturated rings. The third-order valence-electron chi connectivity index (χ3n) is 4.43. The van der Waals surface area contributed by atoms with E-state index >= 15 is 0 Å². The van der Waals surface area contributed by atoms with Crippen molar-refractivity contribution in [3.8, 4) is 0 Å². The van der Waals surface area contributed by atoms with Gasteiger partial charge in [0.2, 0.25) is 15.5 Å². The Morgan fingerprint density at radius 1 is 1.13 bits per heavy atom. The smallest absolute Gasteiger partial charge is 0.347 e. The summed E-state index contributed by atoms with van der Waals surface area (Å²) in [5.41, 5.74) is -1.74. The molecule has 0 spiro atoms. The molecule has 30 heavy (non-hydrogen) atoms. The number of aromatic nitrogens is 1. The first kappa shape index (κ1) is 21.5. The van der Waals surface area contributed by atoms with Crippen LogP contribution in [0.1, 0.15) is 22.8 Å². The number of nitrogens with two attached hydrogens (primary N) is 1. The molecule has 7 nitrogen and oxygen atoms in total. The molecule has 1 aromatic heterocycles. The molecule has 2 aromatic carbocycles. The standard InChI is InChI=1S/C19H16F3N3O4S/c1-2-25-10-15(17(26)14-9-11(19(20,21)22)3-8-16(14)25)18(27)24-12-4-6-13(7-5-12)30(23,28)29/h3-10H,2H2,1H3,(H,24,27)(H2,23,28,29). The molecule has 3 N–H and O–H groups in total. The summed E-state index contributed by atoms with van der Waals surface area (Å²) >= 11 is 0. The van der Waals surface area contributed by atoms with Crippen molar-refractivity contribution in [3.05, 3.63) is 70.0 Å². The van der Waals surface area contributed by atoms with Gasteiger partial charge in [-0.3, -0.25) is 9.59 Å². The van der Waals surface area contributed by atoms with Crippen molar-refractivity contribution in [3.63, 3.8) is 0 Å². The molecule has 1 heterocycles. The number of carbonyl (C=O) groups is 1. The molecule has 0 saturated heterocycles. The van der Waals surface area contributed by atoms with Gasteiger partial charge in [-0.05, 0) is 49.4 Å². The second kappa shape index (κ2) is 7.58. The molecule has 0 aliphatic rings. The maximum absolute atomic E-state index is 13.1. The zero-order valence-electron chi connectivity index (χ0n) is 15.5. The number of fused-ring (bicyclic) bond motifs is 1. The largest absolute Gasteiger partial charge is 0.416 e. The lowest BCUT2D eigenvalue weighted by Gasteiger charge is -2.14. The van der Waals surface area contributed by atoms with E-state index in [1.165, 1.54) is 41.1 Å². The summed E-state index contributed by atoms with van der Waals surface area (Å²) in [5, 5.41) is 7.20. The van der Waals surface area contributed by atoms with Crippen LogP contribution in [-0.2, 0) is 22.7 Å². The summed E-state index contributed by atoms with van der Waals surface area (Å²) in [6, 6.07) is 7.69. The highest BCUT2D eigenvalue weighted by Crippen LogP contribution is 2.30. The van der Waals surface area contributed by atoms with Crippen molar-refractivity contribution in [1.29, 1.82) is 0 Å². The minimum absolute atomic E-state index is 0.167. The number of nitrogens with zero attached hydrogens (tertiary/aromatic N) is 1. The number of carbonyl (C=O) groups excluding carboxylic acids is 1. The van der Waals surface area contributed by atoms with E-state index in [4.69, 9.17) is 5.14 Å². The van der Waals surface area contributed by atoms with Gasteiger partial charge >= 0.3 is 6.18 Å². The lowest BCUT2D eigenvalue weighted by Crippen LogP contribution is -2.24. The Labute approximate surface area is 169 Å². The van der Waals surface area contributed by atoms with Crippen LogP contribution in [0.5, 0.6) is 0 Å². The van der Waals surface area contributed by atoms with E-state index in [9.17, 15) is 31.2 Å². The molecule has 0 radical (unpaired) electrons. The molecule has 0 bridgehead atoms. The molecule has 0 unspecified atom stereocenters. The number of anilines is 1. The van der Waals surface area contributed by atoms with Crippen molar-refractivity contribution in [2.75, 3.05) is 5.32 Å². The number of sulfonamides is 1. The van der Waals surface area contributed by atoms with Crippen molar-refractivity contribution >= 4 is 32.5 Å². The highest BCUT2D eigenvalue weighted by atomic mass is 32.2. The molecular weight excluding hydrogens is 423 g/mol. The first-order valence-electron chi connectivity index (χ1n) is 8.60. The number of halogens is 3. The summed E-state index contributed by atoms with van der Waals surface area (Å²) in [6.07, 6.45) is -3.37. The average molecular weight is 439 g/mol. The van der Waals surface area contributed by atoms with Gasteiger partial charge in [0.15, 0.2) is 0 Å². The van der Waals surface area contributed by atoms with Crippen LogP contribution in [0.15, 0.2) is 58.4 Å². The molecule has 3 aromatic rings. The number of aryl methyl sites for hydroxylation is 1.